The second kappa shape index (κ2) is 7.38. The summed E-state index contributed by atoms with van der Waals surface area (Å²) in [5.41, 5.74) is 4.87. The molecule has 130 valence electrons. The fourth-order valence-electron chi connectivity index (χ4n) is 3.05. The third kappa shape index (κ3) is 4.27. The molecule has 0 unspecified atom stereocenters. The summed E-state index contributed by atoms with van der Waals surface area (Å²) in [7, 11) is 0. The van der Waals surface area contributed by atoms with Crippen molar-refractivity contribution in [2.45, 2.75) is 38.9 Å². The van der Waals surface area contributed by atoms with Gasteiger partial charge in [-0.1, -0.05) is 29.8 Å². The van der Waals surface area contributed by atoms with E-state index < -0.39 is 12.2 Å². The lowest BCUT2D eigenvalue weighted by atomic mass is 9.97. The number of rotatable bonds is 3. The lowest BCUT2D eigenvalue weighted by molar-refractivity contribution is -0.156. The van der Waals surface area contributed by atoms with E-state index in [-0.39, 0.29) is 12.4 Å². The second-order valence-electron chi connectivity index (χ2n) is 6.30. The van der Waals surface area contributed by atoms with Crippen LogP contribution >= 0.6 is 11.6 Å². The Balaban J connectivity index is 1.96. The molecule has 2 atom stereocenters. The quantitative estimate of drug-likeness (QED) is 0.840. The topological polar surface area (TPSA) is 59.4 Å². The van der Waals surface area contributed by atoms with Crippen molar-refractivity contribution < 1.29 is 14.6 Å². The molecule has 0 aliphatic carbocycles. The molecule has 1 aromatic carbocycles. The van der Waals surface area contributed by atoms with E-state index >= 15 is 0 Å². The molecule has 3 rings (SSSR count). The van der Waals surface area contributed by atoms with Gasteiger partial charge in [-0.2, -0.15) is 0 Å². The van der Waals surface area contributed by atoms with Crippen LogP contribution in [-0.4, -0.2) is 28.3 Å². The number of carbonyl (C=O) groups is 1. The Labute approximate surface area is 152 Å². The lowest BCUT2D eigenvalue weighted by Gasteiger charge is -2.23. The highest BCUT2D eigenvalue weighted by Crippen LogP contribution is 2.29. The van der Waals surface area contributed by atoms with Gasteiger partial charge in [0.15, 0.2) is 0 Å². The van der Waals surface area contributed by atoms with E-state index in [2.05, 4.69) is 4.98 Å². The van der Waals surface area contributed by atoms with Gasteiger partial charge in [-0.3, -0.25) is 9.78 Å². The molecule has 5 heteroatoms. The van der Waals surface area contributed by atoms with Crippen LogP contribution < -0.4 is 0 Å². The van der Waals surface area contributed by atoms with Crippen molar-refractivity contribution in [3.05, 3.63) is 58.4 Å². The summed E-state index contributed by atoms with van der Waals surface area (Å²) in [6.45, 7) is 3.91. The van der Waals surface area contributed by atoms with Crippen LogP contribution in [0.25, 0.3) is 17.2 Å². The number of carbonyl (C=O) groups excluding carboxylic acids is 1. The maximum Gasteiger partial charge on any atom is 0.309 e. The Morgan fingerprint density at radius 3 is 2.68 bits per heavy atom. The van der Waals surface area contributed by atoms with Crippen LogP contribution in [0.2, 0.25) is 5.02 Å². The highest BCUT2D eigenvalue weighted by Gasteiger charge is 2.25. The highest BCUT2D eigenvalue weighted by molar-refractivity contribution is 6.30. The summed E-state index contributed by atoms with van der Waals surface area (Å²) in [6, 6.07) is 9.68. The Morgan fingerprint density at radius 1 is 1.28 bits per heavy atom. The van der Waals surface area contributed by atoms with Crippen LogP contribution in [0.15, 0.2) is 36.4 Å². The summed E-state index contributed by atoms with van der Waals surface area (Å²) in [5, 5.41) is 10.4. The van der Waals surface area contributed by atoms with E-state index in [1.807, 2.05) is 56.3 Å². The Hall–Kier alpha value is -2.17. The van der Waals surface area contributed by atoms with Crippen molar-refractivity contribution in [1.29, 1.82) is 0 Å². The number of hydrogen-bond donors (Lipinski definition) is 1. The number of pyridine rings is 1. The van der Waals surface area contributed by atoms with Gasteiger partial charge in [0.25, 0.3) is 0 Å². The number of ether oxygens (including phenoxy) is 1. The number of aromatic nitrogens is 1. The number of hydrogen-bond acceptors (Lipinski definition) is 4. The van der Waals surface area contributed by atoms with Crippen LogP contribution in [0.1, 0.15) is 29.8 Å². The van der Waals surface area contributed by atoms with Crippen LogP contribution in [0, 0.1) is 13.8 Å². The van der Waals surface area contributed by atoms with Crippen molar-refractivity contribution in [2.75, 3.05) is 0 Å². The molecule has 1 N–H and O–H groups in total. The van der Waals surface area contributed by atoms with Crippen molar-refractivity contribution in [3.8, 4) is 11.1 Å². The largest absolute Gasteiger partial charge is 0.458 e. The van der Waals surface area contributed by atoms with E-state index in [1.54, 1.807) is 0 Å². The van der Waals surface area contributed by atoms with Gasteiger partial charge in [0, 0.05) is 28.4 Å². The second-order valence-corrected chi connectivity index (χ2v) is 6.73. The standard InChI is InChI=1S/C20H20ClNO3/c1-12-9-19(14-3-5-15(21)6-4-14)18(13(2)22-12)8-7-17-10-16(23)11-20(24)25-17/h3-9,16-17,23H,10-11H2,1-2H3/b8-7+/t16-,17-/m1/s1. The first kappa shape index (κ1) is 17.6. The molecule has 25 heavy (non-hydrogen) atoms. The zero-order chi connectivity index (χ0) is 18.0. The normalized spacial score (nSPS) is 20.7. The van der Waals surface area contributed by atoms with Crippen molar-refractivity contribution in [2.24, 2.45) is 0 Å². The zero-order valence-corrected chi connectivity index (χ0v) is 15.0. The molecule has 0 spiro atoms. The molecule has 2 aromatic rings. The summed E-state index contributed by atoms with van der Waals surface area (Å²) >= 11 is 5.99. The van der Waals surface area contributed by atoms with Crippen LogP contribution in [0.4, 0.5) is 0 Å². The smallest absolute Gasteiger partial charge is 0.309 e. The molecule has 0 radical (unpaired) electrons. The minimum absolute atomic E-state index is 0.0610. The van der Waals surface area contributed by atoms with E-state index in [4.69, 9.17) is 16.3 Å². The van der Waals surface area contributed by atoms with Gasteiger partial charge in [-0.25, -0.2) is 0 Å². The molecule has 2 heterocycles. The number of benzene rings is 1. The number of aryl methyl sites for hydroxylation is 2. The molecule has 1 saturated heterocycles. The van der Waals surface area contributed by atoms with E-state index in [0.717, 1.165) is 28.1 Å². The number of aliphatic hydroxyl groups is 1. The minimum atomic E-state index is -0.649. The summed E-state index contributed by atoms with van der Waals surface area (Å²) in [6.07, 6.45) is 3.14. The fourth-order valence-corrected chi connectivity index (χ4v) is 3.17. The van der Waals surface area contributed by atoms with Gasteiger partial charge in [0.2, 0.25) is 0 Å². The Bertz CT molecular complexity index is 814. The third-order valence-electron chi connectivity index (χ3n) is 4.20. The number of halogens is 1. The molecule has 0 amide bonds. The van der Waals surface area contributed by atoms with Gasteiger partial charge in [-0.15, -0.1) is 0 Å². The predicted molar refractivity (Wildman–Crippen MR) is 98.3 cm³/mol. The maximum absolute atomic E-state index is 11.5. The fraction of sp³-hybridized carbons (Fsp3) is 0.300. The first-order valence-corrected chi connectivity index (χ1v) is 8.60. The van der Waals surface area contributed by atoms with Crippen LogP contribution in [0.5, 0.6) is 0 Å². The molecule has 4 nitrogen and oxygen atoms in total. The molecular formula is C20H20ClNO3. The van der Waals surface area contributed by atoms with Crippen LogP contribution in [-0.2, 0) is 9.53 Å². The Kier molecular flexibility index (Phi) is 5.21. The van der Waals surface area contributed by atoms with E-state index in [1.165, 1.54) is 0 Å². The van der Waals surface area contributed by atoms with Crippen molar-refractivity contribution in [1.82, 2.24) is 4.98 Å². The predicted octanol–water partition coefficient (Wildman–Crippen LogP) is 4.10. The summed E-state index contributed by atoms with van der Waals surface area (Å²) in [4.78, 5) is 16.0. The summed E-state index contributed by atoms with van der Waals surface area (Å²) in [5.74, 6) is -0.370. The number of aliphatic hydroxyl groups excluding tert-OH is 1. The molecule has 1 aliphatic heterocycles. The average Bonchev–Trinajstić information content (AvgIpc) is 2.53. The molecular weight excluding hydrogens is 338 g/mol. The van der Waals surface area contributed by atoms with Gasteiger partial charge >= 0.3 is 5.97 Å². The van der Waals surface area contributed by atoms with Crippen molar-refractivity contribution >= 4 is 23.6 Å². The number of esters is 1. The van der Waals surface area contributed by atoms with Crippen LogP contribution in [0.3, 0.4) is 0 Å². The van der Waals surface area contributed by atoms with Gasteiger partial charge in [-0.05, 0) is 49.2 Å². The molecule has 0 bridgehead atoms. The zero-order valence-electron chi connectivity index (χ0n) is 14.2. The SMILES string of the molecule is Cc1cc(-c2ccc(Cl)cc2)c(/C=C/[C@@H]2C[C@@H](O)CC(=O)O2)c(C)n1. The average molecular weight is 358 g/mol. The highest BCUT2D eigenvalue weighted by atomic mass is 35.5. The van der Waals surface area contributed by atoms with E-state index in [0.29, 0.717) is 11.4 Å². The Morgan fingerprint density at radius 2 is 2.00 bits per heavy atom. The monoisotopic (exact) mass is 357 g/mol. The molecule has 1 aromatic heterocycles. The molecule has 1 aliphatic rings. The maximum atomic E-state index is 11.5. The minimum Gasteiger partial charge on any atom is -0.458 e. The number of cyclic esters (lactones) is 1. The lowest BCUT2D eigenvalue weighted by Crippen LogP contribution is -2.31. The molecule has 1 fully saturated rings. The first-order chi connectivity index (χ1) is 11.9. The first-order valence-electron chi connectivity index (χ1n) is 8.22. The van der Waals surface area contributed by atoms with Gasteiger partial charge in [0.1, 0.15) is 6.10 Å². The van der Waals surface area contributed by atoms with Gasteiger partial charge in [0.05, 0.1) is 12.5 Å². The molecule has 0 saturated carbocycles. The van der Waals surface area contributed by atoms with Crippen molar-refractivity contribution in [3.63, 3.8) is 0 Å². The van der Waals surface area contributed by atoms with E-state index in [9.17, 15) is 9.90 Å². The van der Waals surface area contributed by atoms with Gasteiger partial charge < -0.3 is 9.84 Å². The number of nitrogens with zero attached hydrogens (tertiary/aromatic N) is 1. The summed E-state index contributed by atoms with van der Waals surface area (Å²) < 4.78 is 5.28. The third-order valence-corrected chi connectivity index (χ3v) is 4.45.